The molecule has 3 aromatic carbocycles. The highest BCUT2D eigenvalue weighted by Crippen LogP contribution is 2.41. The van der Waals surface area contributed by atoms with Gasteiger partial charge in [0.25, 0.3) is 0 Å². The zero-order valence-electron chi connectivity index (χ0n) is 18.2. The lowest BCUT2D eigenvalue weighted by Gasteiger charge is -2.29. The standard InChI is InChI=1S/C26H27N3O3S/c30-24(18-20-10-3-1-4-11-20)29(21-12-5-2-6-13-21)16-9-17-33-26(19-25(31)32)27-22-14-7-8-15-23(22)28-26/h1-8,10-15,27-28H,9,16-19H2,(H,31,32). The Kier molecular flexibility index (Phi) is 7.19. The Balaban J connectivity index is 1.40. The molecule has 33 heavy (non-hydrogen) atoms. The largest absolute Gasteiger partial charge is 0.481 e. The van der Waals surface area contributed by atoms with E-state index in [1.807, 2.05) is 89.8 Å². The molecule has 0 aliphatic carbocycles. The van der Waals surface area contributed by atoms with Crippen molar-refractivity contribution in [2.75, 3.05) is 27.8 Å². The average Bonchev–Trinajstić information content (AvgIpc) is 3.17. The molecule has 0 fully saturated rings. The van der Waals surface area contributed by atoms with Crippen molar-refractivity contribution < 1.29 is 14.7 Å². The summed E-state index contributed by atoms with van der Waals surface area (Å²) >= 11 is 1.53. The second-order valence-corrected chi connectivity index (χ2v) is 9.33. The topological polar surface area (TPSA) is 81.7 Å². The number of nitrogens with zero attached hydrogens (tertiary/aromatic N) is 1. The molecule has 1 aliphatic rings. The summed E-state index contributed by atoms with van der Waals surface area (Å²) < 4.78 is 0. The van der Waals surface area contributed by atoms with Crippen LogP contribution in [0.3, 0.4) is 0 Å². The Morgan fingerprint density at radius 3 is 2.03 bits per heavy atom. The monoisotopic (exact) mass is 461 g/mol. The van der Waals surface area contributed by atoms with Crippen LogP contribution in [0.2, 0.25) is 0 Å². The first kappa shape index (κ1) is 22.7. The molecular weight excluding hydrogens is 434 g/mol. The number of anilines is 3. The van der Waals surface area contributed by atoms with E-state index in [0.29, 0.717) is 18.7 Å². The molecule has 6 nitrogen and oxygen atoms in total. The Hall–Kier alpha value is -3.45. The molecule has 0 radical (unpaired) electrons. The number of carbonyl (C=O) groups is 2. The fourth-order valence-electron chi connectivity index (χ4n) is 3.93. The second-order valence-electron chi connectivity index (χ2n) is 7.94. The number of carboxylic acids is 1. The first-order chi connectivity index (χ1) is 16.0. The van der Waals surface area contributed by atoms with E-state index >= 15 is 0 Å². The fourth-order valence-corrected chi connectivity index (χ4v) is 5.14. The smallest absolute Gasteiger partial charge is 0.308 e. The van der Waals surface area contributed by atoms with Crippen LogP contribution in [0.25, 0.3) is 0 Å². The molecular formula is C26H27N3O3S. The number of hydrogen-bond acceptors (Lipinski definition) is 5. The lowest BCUT2D eigenvalue weighted by atomic mass is 10.1. The lowest BCUT2D eigenvalue weighted by Crippen LogP contribution is -2.41. The number of carboxylic acid groups (broad SMARTS) is 1. The van der Waals surface area contributed by atoms with Gasteiger partial charge in [-0.1, -0.05) is 60.7 Å². The molecule has 170 valence electrons. The van der Waals surface area contributed by atoms with E-state index in [0.717, 1.165) is 29.0 Å². The normalized spacial score (nSPS) is 13.5. The summed E-state index contributed by atoms with van der Waals surface area (Å²) in [6, 6.07) is 27.1. The van der Waals surface area contributed by atoms with Crippen LogP contribution in [-0.4, -0.2) is 34.3 Å². The molecule has 4 rings (SSSR count). The highest BCUT2D eigenvalue weighted by atomic mass is 32.2. The molecule has 0 aromatic heterocycles. The van der Waals surface area contributed by atoms with Crippen LogP contribution in [-0.2, 0) is 16.0 Å². The van der Waals surface area contributed by atoms with Crippen molar-refractivity contribution in [3.8, 4) is 0 Å². The summed E-state index contributed by atoms with van der Waals surface area (Å²) in [6.45, 7) is 0.554. The number of thioether (sulfide) groups is 1. The van der Waals surface area contributed by atoms with E-state index in [1.165, 1.54) is 11.8 Å². The van der Waals surface area contributed by atoms with Gasteiger partial charge in [-0.05, 0) is 42.0 Å². The number of aliphatic carboxylic acids is 1. The van der Waals surface area contributed by atoms with Crippen LogP contribution in [0.4, 0.5) is 17.1 Å². The summed E-state index contributed by atoms with van der Waals surface area (Å²) in [5, 5.41) is 16.2. The number of fused-ring (bicyclic) bond motifs is 1. The number of benzene rings is 3. The van der Waals surface area contributed by atoms with E-state index < -0.39 is 11.0 Å². The lowest BCUT2D eigenvalue weighted by molar-refractivity contribution is -0.137. The molecule has 1 aliphatic heterocycles. The molecule has 0 spiro atoms. The Bertz CT molecular complexity index is 1070. The number of hydrogen-bond donors (Lipinski definition) is 3. The molecule has 0 saturated heterocycles. The fraction of sp³-hybridized carbons (Fsp3) is 0.231. The van der Waals surface area contributed by atoms with E-state index in [9.17, 15) is 14.7 Å². The molecule has 0 unspecified atom stereocenters. The van der Waals surface area contributed by atoms with Crippen molar-refractivity contribution in [1.82, 2.24) is 0 Å². The van der Waals surface area contributed by atoms with Crippen molar-refractivity contribution >= 4 is 40.7 Å². The Morgan fingerprint density at radius 2 is 1.42 bits per heavy atom. The first-order valence-electron chi connectivity index (χ1n) is 11.0. The highest BCUT2D eigenvalue weighted by molar-refractivity contribution is 8.00. The third-order valence-corrected chi connectivity index (χ3v) is 6.78. The minimum absolute atomic E-state index is 0.0437. The number of rotatable bonds is 10. The molecule has 7 heteroatoms. The molecule has 1 heterocycles. The van der Waals surface area contributed by atoms with Crippen LogP contribution < -0.4 is 15.5 Å². The predicted molar refractivity (Wildman–Crippen MR) is 135 cm³/mol. The third kappa shape index (κ3) is 5.87. The number of para-hydroxylation sites is 3. The van der Waals surface area contributed by atoms with E-state index in [1.54, 1.807) is 0 Å². The zero-order chi connectivity index (χ0) is 23.1. The second kappa shape index (κ2) is 10.4. The highest BCUT2D eigenvalue weighted by Gasteiger charge is 2.38. The minimum Gasteiger partial charge on any atom is -0.481 e. The average molecular weight is 462 g/mol. The van der Waals surface area contributed by atoms with Crippen molar-refractivity contribution in [1.29, 1.82) is 0 Å². The van der Waals surface area contributed by atoms with Crippen LogP contribution >= 0.6 is 11.8 Å². The maximum atomic E-state index is 13.1. The SMILES string of the molecule is O=C(O)CC1(SCCCN(C(=O)Cc2ccccc2)c2ccccc2)Nc2ccccc2N1. The predicted octanol–water partition coefficient (Wildman–Crippen LogP) is 5.05. The van der Waals surface area contributed by atoms with Gasteiger partial charge in [0.1, 0.15) is 0 Å². The van der Waals surface area contributed by atoms with Gasteiger partial charge in [0.15, 0.2) is 4.99 Å². The van der Waals surface area contributed by atoms with E-state index in [4.69, 9.17) is 0 Å². The maximum absolute atomic E-state index is 13.1. The Morgan fingerprint density at radius 1 is 0.848 bits per heavy atom. The summed E-state index contributed by atoms with van der Waals surface area (Å²) in [5.74, 6) is -0.148. The molecule has 0 bridgehead atoms. The van der Waals surface area contributed by atoms with Gasteiger partial charge in [-0.3, -0.25) is 9.59 Å². The van der Waals surface area contributed by atoms with Crippen LogP contribution in [0.15, 0.2) is 84.9 Å². The number of carbonyl (C=O) groups excluding carboxylic acids is 1. The van der Waals surface area contributed by atoms with Gasteiger partial charge in [0.05, 0.1) is 24.2 Å². The van der Waals surface area contributed by atoms with Gasteiger partial charge in [-0.2, -0.15) is 0 Å². The maximum Gasteiger partial charge on any atom is 0.308 e. The van der Waals surface area contributed by atoms with E-state index in [2.05, 4.69) is 10.6 Å². The molecule has 0 atom stereocenters. The first-order valence-corrected chi connectivity index (χ1v) is 11.9. The van der Waals surface area contributed by atoms with Gasteiger partial charge in [-0.15, -0.1) is 11.8 Å². The summed E-state index contributed by atoms with van der Waals surface area (Å²) in [5.41, 5.74) is 3.65. The van der Waals surface area contributed by atoms with Crippen molar-refractivity contribution in [2.45, 2.75) is 24.3 Å². The van der Waals surface area contributed by atoms with Gasteiger partial charge < -0.3 is 20.6 Å². The van der Waals surface area contributed by atoms with Crippen molar-refractivity contribution in [3.63, 3.8) is 0 Å². The van der Waals surface area contributed by atoms with E-state index in [-0.39, 0.29) is 12.3 Å². The quantitative estimate of drug-likeness (QED) is 0.367. The number of amides is 1. The van der Waals surface area contributed by atoms with Gasteiger partial charge in [0.2, 0.25) is 5.91 Å². The van der Waals surface area contributed by atoms with Gasteiger partial charge in [0, 0.05) is 12.2 Å². The third-order valence-electron chi connectivity index (χ3n) is 5.44. The zero-order valence-corrected chi connectivity index (χ0v) is 19.1. The van der Waals surface area contributed by atoms with Crippen LogP contribution in [0.5, 0.6) is 0 Å². The van der Waals surface area contributed by atoms with Crippen molar-refractivity contribution in [2.24, 2.45) is 0 Å². The molecule has 1 amide bonds. The van der Waals surface area contributed by atoms with Crippen molar-refractivity contribution in [3.05, 3.63) is 90.5 Å². The van der Waals surface area contributed by atoms with Crippen LogP contribution in [0, 0.1) is 0 Å². The molecule has 3 aromatic rings. The van der Waals surface area contributed by atoms with Gasteiger partial charge >= 0.3 is 5.97 Å². The summed E-state index contributed by atoms with van der Waals surface area (Å²) in [6.07, 6.45) is 0.993. The number of nitrogens with one attached hydrogen (secondary N) is 2. The van der Waals surface area contributed by atoms with Gasteiger partial charge in [-0.25, -0.2) is 0 Å². The van der Waals surface area contributed by atoms with Crippen LogP contribution in [0.1, 0.15) is 18.4 Å². The summed E-state index contributed by atoms with van der Waals surface area (Å²) in [4.78, 5) is 25.7. The summed E-state index contributed by atoms with van der Waals surface area (Å²) in [7, 11) is 0. The Labute approximate surface area is 198 Å². The molecule has 0 saturated carbocycles. The minimum atomic E-state index is -0.876. The molecule has 3 N–H and O–H groups in total.